The summed E-state index contributed by atoms with van der Waals surface area (Å²) < 4.78 is 31.4. The number of nitrogens with zero attached hydrogens (tertiary/aromatic N) is 1. The summed E-state index contributed by atoms with van der Waals surface area (Å²) in [5, 5.41) is 0.124. The first-order chi connectivity index (χ1) is 16.9. The van der Waals surface area contributed by atoms with Crippen LogP contribution in [-0.2, 0) is 4.74 Å². The highest BCUT2D eigenvalue weighted by Gasteiger charge is 2.42. The molecule has 1 atom stereocenters. The molecule has 6 nitrogen and oxygen atoms in total. The van der Waals surface area contributed by atoms with Crippen molar-refractivity contribution in [1.29, 1.82) is 0 Å². The third-order valence-corrected chi connectivity index (χ3v) is 6.11. The van der Waals surface area contributed by atoms with Gasteiger partial charge in [0.2, 0.25) is 5.76 Å². The van der Waals surface area contributed by atoms with Gasteiger partial charge >= 0.3 is 0 Å². The van der Waals surface area contributed by atoms with Crippen molar-refractivity contribution in [3.05, 3.63) is 75.4 Å². The van der Waals surface area contributed by atoms with Crippen LogP contribution >= 0.6 is 0 Å². The molecule has 0 radical (unpaired) electrons. The molecule has 1 unspecified atom stereocenters. The van der Waals surface area contributed by atoms with E-state index in [4.69, 9.17) is 13.9 Å². The first-order valence-electron chi connectivity index (χ1n) is 12.3. The molecule has 0 N–H and O–H groups in total. The molecule has 1 aromatic heterocycles. The summed E-state index contributed by atoms with van der Waals surface area (Å²) in [6.45, 7) is 7.51. The molecule has 2 heterocycles. The lowest BCUT2D eigenvalue weighted by molar-refractivity contribution is 0.0593. The fourth-order valence-corrected chi connectivity index (χ4v) is 4.44. The molecule has 4 rings (SSSR count). The number of carbonyl (C=O) groups is 1. The summed E-state index contributed by atoms with van der Waals surface area (Å²) in [6.07, 6.45) is 3.83. The van der Waals surface area contributed by atoms with Crippen molar-refractivity contribution in [2.45, 2.75) is 58.6 Å². The van der Waals surface area contributed by atoms with Gasteiger partial charge in [0.15, 0.2) is 5.43 Å². The average Bonchev–Trinajstić information content (AvgIpc) is 3.12. The van der Waals surface area contributed by atoms with E-state index in [1.807, 2.05) is 38.1 Å². The van der Waals surface area contributed by atoms with Gasteiger partial charge in [0.05, 0.1) is 29.7 Å². The minimum Gasteiger partial charge on any atom is -0.494 e. The number of rotatable bonds is 11. The Hall–Kier alpha value is -3.19. The maximum Gasteiger partial charge on any atom is 0.290 e. The lowest BCUT2D eigenvalue weighted by atomic mass is 9.98. The maximum atomic E-state index is 14.0. The average molecular weight is 482 g/mol. The molecule has 0 aliphatic carbocycles. The lowest BCUT2D eigenvalue weighted by Crippen LogP contribution is -2.31. The second-order valence-corrected chi connectivity index (χ2v) is 9.12. The van der Waals surface area contributed by atoms with Crippen LogP contribution in [0.1, 0.15) is 74.2 Å². The molecular formula is C28H32FNO5. The maximum absolute atomic E-state index is 14.0. The molecule has 3 aromatic rings. The Bertz CT molecular complexity index is 1250. The summed E-state index contributed by atoms with van der Waals surface area (Å²) >= 11 is 0. The Morgan fingerprint density at radius 3 is 2.66 bits per heavy atom. The highest BCUT2D eigenvalue weighted by molar-refractivity contribution is 5.99. The molecule has 2 aromatic carbocycles. The van der Waals surface area contributed by atoms with Crippen molar-refractivity contribution in [3.63, 3.8) is 0 Å². The van der Waals surface area contributed by atoms with Gasteiger partial charge in [0.25, 0.3) is 5.91 Å². The predicted octanol–water partition coefficient (Wildman–Crippen LogP) is 5.86. The second-order valence-electron chi connectivity index (χ2n) is 9.12. The summed E-state index contributed by atoms with van der Waals surface area (Å²) in [6, 6.07) is 10.6. The highest BCUT2D eigenvalue weighted by atomic mass is 19.1. The van der Waals surface area contributed by atoms with E-state index in [0.717, 1.165) is 30.9 Å². The normalized spacial score (nSPS) is 15.3. The standard InChI is InChI=1S/C28H32FNO5/c1-4-5-6-14-34-21-10-7-9-19(16-21)25-24-26(31)22-17-20(29)11-12-23(22)35-27(24)28(32)30(25)13-8-15-33-18(2)3/h7,9-12,16-18,25H,4-6,8,13-15H2,1-3H3. The number of benzene rings is 2. The van der Waals surface area contributed by atoms with E-state index in [1.54, 1.807) is 4.90 Å². The quantitative estimate of drug-likeness (QED) is 0.321. The van der Waals surface area contributed by atoms with Gasteiger partial charge in [-0.25, -0.2) is 4.39 Å². The van der Waals surface area contributed by atoms with Crippen LogP contribution in [0, 0.1) is 5.82 Å². The number of halogens is 1. The topological polar surface area (TPSA) is 69.0 Å². The van der Waals surface area contributed by atoms with Gasteiger partial charge in [-0.1, -0.05) is 31.9 Å². The molecule has 7 heteroatoms. The van der Waals surface area contributed by atoms with Crippen LogP contribution in [0.3, 0.4) is 0 Å². The number of unbranched alkanes of at least 4 members (excludes halogenated alkanes) is 2. The zero-order valence-corrected chi connectivity index (χ0v) is 20.5. The van der Waals surface area contributed by atoms with E-state index >= 15 is 0 Å². The third kappa shape index (κ3) is 5.40. The SMILES string of the molecule is CCCCCOc1cccc(C2c3c(oc4ccc(F)cc4c3=O)C(=O)N2CCCOC(C)C)c1. The Morgan fingerprint density at radius 2 is 1.89 bits per heavy atom. The van der Waals surface area contributed by atoms with Gasteiger partial charge in [-0.05, 0) is 62.6 Å². The van der Waals surface area contributed by atoms with Crippen LogP contribution in [0.2, 0.25) is 0 Å². The van der Waals surface area contributed by atoms with E-state index in [0.29, 0.717) is 31.9 Å². The minimum absolute atomic E-state index is 0.0122. The van der Waals surface area contributed by atoms with Crippen LogP contribution in [0.4, 0.5) is 4.39 Å². The fraction of sp³-hybridized carbons (Fsp3) is 0.429. The summed E-state index contributed by atoms with van der Waals surface area (Å²) in [7, 11) is 0. The first-order valence-corrected chi connectivity index (χ1v) is 12.3. The first kappa shape index (κ1) is 24.9. The molecule has 0 bridgehead atoms. The van der Waals surface area contributed by atoms with E-state index in [9.17, 15) is 14.0 Å². The molecule has 0 spiro atoms. The number of ether oxygens (including phenoxy) is 2. The van der Waals surface area contributed by atoms with E-state index < -0.39 is 17.3 Å². The molecule has 0 saturated heterocycles. The largest absolute Gasteiger partial charge is 0.494 e. The van der Waals surface area contributed by atoms with Gasteiger partial charge in [-0.3, -0.25) is 9.59 Å². The third-order valence-electron chi connectivity index (χ3n) is 6.11. The summed E-state index contributed by atoms with van der Waals surface area (Å²) in [5.41, 5.74) is 0.786. The second kappa shape index (κ2) is 11.0. The number of amides is 1. The van der Waals surface area contributed by atoms with Crippen molar-refractivity contribution in [1.82, 2.24) is 4.90 Å². The van der Waals surface area contributed by atoms with E-state index in [-0.39, 0.29) is 34.3 Å². The van der Waals surface area contributed by atoms with Crippen LogP contribution in [0.25, 0.3) is 11.0 Å². The molecule has 1 amide bonds. The monoisotopic (exact) mass is 481 g/mol. The summed E-state index contributed by atoms with van der Waals surface area (Å²) in [4.78, 5) is 28.6. The lowest BCUT2D eigenvalue weighted by Gasteiger charge is -2.25. The zero-order valence-electron chi connectivity index (χ0n) is 20.5. The number of hydrogen-bond acceptors (Lipinski definition) is 5. The van der Waals surface area contributed by atoms with Gasteiger partial charge in [-0.15, -0.1) is 0 Å². The van der Waals surface area contributed by atoms with Crippen molar-refractivity contribution in [2.24, 2.45) is 0 Å². The fourth-order valence-electron chi connectivity index (χ4n) is 4.44. The summed E-state index contributed by atoms with van der Waals surface area (Å²) in [5.74, 6) is -0.195. The number of hydrogen-bond donors (Lipinski definition) is 0. The molecule has 0 saturated carbocycles. The van der Waals surface area contributed by atoms with Gasteiger partial charge in [0, 0.05) is 13.2 Å². The van der Waals surface area contributed by atoms with E-state index in [1.165, 1.54) is 12.1 Å². The Labute approximate surface area is 204 Å². The molecular weight excluding hydrogens is 449 g/mol. The minimum atomic E-state index is -0.653. The highest BCUT2D eigenvalue weighted by Crippen LogP contribution is 2.39. The molecule has 1 aliphatic heterocycles. The van der Waals surface area contributed by atoms with Crippen LogP contribution < -0.4 is 10.2 Å². The van der Waals surface area contributed by atoms with Gasteiger partial charge in [0.1, 0.15) is 17.1 Å². The van der Waals surface area contributed by atoms with Crippen LogP contribution in [-0.4, -0.2) is 36.7 Å². The van der Waals surface area contributed by atoms with Crippen molar-refractivity contribution in [2.75, 3.05) is 19.8 Å². The molecule has 186 valence electrons. The zero-order chi connectivity index (χ0) is 24.9. The molecule has 0 fully saturated rings. The molecule has 35 heavy (non-hydrogen) atoms. The van der Waals surface area contributed by atoms with Crippen molar-refractivity contribution >= 4 is 16.9 Å². The van der Waals surface area contributed by atoms with Crippen molar-refractivity contribution < 1.29 is 23.1 Å². The Balaban J connectivity index is 1.73. The molecule has 1 aliphatic rings. The van der Waals surface area contributed by atoms with Crippen molar-refractivity contribution in [3.8, 4) is 5.75 Å². The predicted molar refractivity (Wildman–Crippen MR) is 132 cm³/mol. The number of carbonyl (C=O) groups excluding carboxylic acids is 1. The Morgan fingerprint density at radius 1 is 1.06 bits per heavy atom. The van der Waals surface area contributed by atoms with Gasteiger partial charge < -0.3 is 18.8 Å². The number of fused-ring (bicyclic) bond motifs is 2. The van der Waals surface area contributed by atoms with Gasteiger partial charge in [-0.2, -0.15) is 0 Å². The van der Waals surface area contributed by atoms with Crippen LogP contribution in [0.15, 0.2) is 51.7 Å². The smallest absolute Gasteiger partial charge is 0.290 e. The Kier molecular flexibility index (Phi) is 7.86. The van der Waals surface area contributed by atoms with E-state index in [2.05, 4.69) is 6.92 Å². The van der Waals surface area contributed by atoms with Crippen LogP contribution in [0.5, 0.6) is 5.75 Å².